The van der Waals surface area contributed by atoms with E-state index in [9.17, 15) is 0 Å². The second kappa shape index (κ2) is 14.2. The van der Waals surface area contributed by atoms with Crippen molar-refractivity contribution in [3.05, 3.63) is 191 Å². The molecule has 0 aliphatic heterocycles. The van der Waals surface area contributed by atoms with Crippen LogP contribution in [0, 0.1) is 32.9 Å². The van der Waals surface area contributed by atoms with Gasteiger partial charge in [-0.25, -0.2) is 0 Å². The Kier molecular flexibility index (Phi) is 9.71. The number of nitrogens with zero attached hydrogens (tertiary/aromatic N) is 2. The van der Waals surface area contributed by atoms with Gasteiger partial charge in [0.1, 0.15) is 0 Å². The zero-order chi connectivity index (χ0) is 31.5. The van der Waals surface area contributed by atoms with E-state index in [1.165, 1.54) is 22.3 Å². The normalized spacial score (nSPS) is 10.9. The molecule has 47 heavy (non-hydrogen) atoms. The molecule has 0 saturated heterocycles. The van der Waals surface area contributed by atoms with E-state index in [2.05, 4.69) is 142 Å². The fourth-order valence-electron chi connectivity index (χ4n) is 6.54. The molecule has 5 aromatic carbocycles. The van der Waals surface area contributed by atoms with Crippen molar-refractivity contribution in [2.24, 2.45) is 0 Å². The number of hydrogen-bond acceptors (Lipinski definition) is 2. The first-order valence-electron chi connectivity index (χ1n) is 15.7. The fourth-order valence-corrected chi connectivity index (χ4v) is 6.54. The number of pyridine rings is 2. The molecule has 0 aliphatic rings. The Balaban J connectivity index is 0.00000386. The monoisotopic (exact) mass is 785 g/mol. The molecule has 7 rings (SSSR count). The fraction of sp³-hybridized carbons (Fsp3) is 0.0909. The van der Waals surface area contributed by atoms with Crippen LogP contribution in [-0.2, 0) is 21.1 Å². The van der Waals surface area contributed by atoms with Crippen LogP contribution in [0.3, 0.4) is 0 Å². The molecule has 2 aromatic heterocycles. The first-order chi connectivity index (χ1) is 22.5. The second-order valence-corrected chi connectivity index (χ2v) is 11.9. The number of aromatic nitrogens is 2. The van der Waals surface area contributed by atoms with Crippen LogP contribution in [0.15, 0.2) is 146 Å². The van der Waals surface area contributed by atoms with E-state index in [1.54, 1.807) is 0 Å². The molecule has 0 bridgehead atoms. The molecule has 7 aromatic rings. The molecular formula is C44H34N2Pt. The molecule has 0 aliphatic carbocycles. The molecule has 3 heteroatoms. The van der Waals surface area contributed by atoms with Gasteiger partial charge in [0.05, 0.1) is 0 Å². The molecule has 0 unspecified atom stereocenters. The largest absolute Gasteiger partial charge is 2.00 e. The average Bonchev–Trinajstić information content (AvgIpc) is 3.11. The Bertz CT molecular complexity index is 1840. The maximum Gasteiger partial charge on any atom is 2.00 e. The van der Waals surface area contributed by atoms with Crippen LogP contribution in [0.1, 0.15) is 39.3 Å². The first-order valence-corrected chi connectivity index (χ1v) is 15.7. The van der Waals surface area contributed by atoms with Gasteiger partial charge in [0, 0.05) is 18.3 Å². The summed E-state index contributed by atoms with van der Waals surface area (Å²) in [5.74, 6) is -0.141. The molecule has 230 valence electrons. The summed E-state index contributed by atoms with van der Waals surface area (Å²) in [6, 6.07) is 54.6. The van der Waals surface area contributed by atoms with Gasteiger partial charge in [-0.3, -0.25) is 0 Å². The molecule has 0 amide bonds. The number of benzene rings is 5. The number of rotatable bonds is 7. The van der Waals surface area contributed by atoms with Crippen LogP contribution < -0.4 is 0 Å². The SMILES string of the molecule is Cc1cc(C)c(C(c2[c-]c(-c3ccccn3)cc(-c3ccccc3)c2)c2[c-]c(-c3ccccn3)cc(-c3ccccc3)c2)c(C)c1.[Pt+2]. The van der Waals surface area contributed by atoms with E-state index in [4.69, 9.17) is 9.97 Å². The van der Waals surface area contributed by atoms with Crippen LogP contribution in [0.2, 0.25) is 0 Å². The Morgan fingerprint density at radius 2 is 0.894 bits per heavy atom. The smallest absolute Gasteiger partial charge is 0.305 e. The van der Waals surface area contributed by atoms with Crippen molar-refractivity contribution in [3.8, 4) is 44.8 Å². The summed E-state index contributed by atoms with van der Waals surface area (Å²) in [4.78, 5) is 9.47. The summed E-state index contributed by atoms with van der Waals surface area (Å²) in [5, 5.41) is 0. The molecule has 0 atom stereocenters. The molecule has 0 N–H and O–H groups in total. The Morgan fingerprint density at radius 1 is 0.468 bits per heavy atom. The summed E-state index contributed by atoms with van der Waals surface area (Å²) in [6.45, 7) is 6.62. The molecule has 0 fully saturated rings. The molecule has 0 saturated carbocycles. The zero-order valence-corrected chi connectivity index (χ0v) is 28.9. The van der Waals surface area contributed by atoms with Crippen LogP contribution in [0.5, 0.6) is 0 Å². The Labute approximate surface area is 292 Å². The standard InChI is InChI=1S/C44H34N2.Pt/c1-30-22-31(2)43(32(3)23-30)44(39-26-35(33-14-6-4-7-15-33)24-37(28-39)41-18-10-12-20-45-41)40-27-36(34-16-8-5-9-17-34)25-38(29-40)42-19-11-13-21-46-42;/h4-27,44H,1-3H3;/q-2;+2. The van der Waals surface area contributed by atoms with Crippen molar-refractivity contribution in [1.82, 2.24) is 9.97 Å². The Hall–Kier alpha value is -4.91. The van der Waals surface area contributed by atoms with E-state index in [1.807, 2.05) is 36.7 Å². The van der Waals surface area contributed by atoms with Crippen LogP contribution >= 0.6 is 0 Å². The minimum Gasteiger partial charge on any atom is -0.305 e. The molecular weight excluding hydrogens is 752 g/mol. The summed E-state index contributed by atoms with van der Waals surface area (Å²) < 4.78 is 0. The van der Waals surface area contributed by atoms with Crippen LogP contribution in [0.25, 0.3) is 44.8 Å². The summed E-state index contributed by atoms with van der Waals surface area (Å²) >= 11 is 0. The quantitative estimate of drug-likeness (QED) is 0.119. The molecule has 0 radical (unpaired) electrons. The van der Waals surface area contributed by atoms with Crippen LogP contribution in [-0.4, -0.2) is 9.97 Å². The van der Waals surface area contributed by atoms with Crippen molar-refractivity contribution in [1.29, 1.82) is 0 Å². The average molecular weight is 786 g/mol. The third kappa shape index (κ3) is 6.94. The summed E-state index contributed by atoms with van der Waals surface area (Å²) in [5.41, 5.74) is 15.5. The van der Waals surface area contributed by atoms with Crippen molar-refractivity contribution < 1.29 is 21.1 Å². The maximum atomic E-state index is 4.74. The van der Waals surface area contributed by atoms with Gasteiger partial charge >= 0.3 is 21.1 Å². The van der Waals surface area contributed by atoms with E-state index < -0.39 is 0 Å². The zero-order valence-electron chi connectivity index (χ0n) is 26.6. The van der Waals surface area contributed by atoms with Crippen molar-refractivity contribution >= 4 is 0 Å². The van der Waals surface area contributed by atoms with Gasteiger partial charge in [-0.1, -0.05) is 103 Å². The van der Waals surface area contributed by atoms with Gasteiger partial charge in [-0.15, -0.1) is 69.8 Å². The topological polar surface area (TPSA) is 25.8 Å². The van der Waals surface area contributed by atoms with E-state index in [-0.39, 0.29) is 27.0 Å². The molecule has 0 spiro atoms. The third-order valence-electron chi connectivity index (χ3n) is 8.52. The summed E-state index contributed by atoms with van der Waals surface area (Å²) in [6.07, 6.45) is 3.69. The van der Waals surface area contributed by atoms with E-state index >= 15 is 0 Å². The van der Waals surface area contributed by atoms with Crippen LogP contribution in [0.4, 0.5) is 0 Å². The van der Waals surface area contributed by atoms with E-state index in [0.29, 0.717) is 0 Å². The first kappa shape index (κ1) is 32.0. The Morgan fingerprint density at radius 3 is 1.30 bits per heavy atom. The minimum atomic E-state index is -0.141. The van der Waals surface area contributed by atoms with Crippen molar-refractivity contribution in [2.45, 2.75) is 26.7 Å². The van der Waals surface area contributed by atoms with Crippen molar-refractivity contribution in [3.63, 3.8) is 0 Å². The number of aryl methyl sites for hydroxylation is 3. The van der Waals surface area contributed by atoms with Crippen molar-refractivity contribution in [2.75, 3.05) is 0 Å². The van der Waals surface area contributed by atoms with Gasteiger partial charge in [0.2, 0.25) is 0 Å². The van der Waals surface area contributed by atoms with Gasteiger partial charge in [-0.2, -0.15) is 0 Å². The minimum absolute atomic E-state index is 0. The second-order valence-electron chi connectivity index (χ2n) is 11.9. The maximum absolute atomic E-state index is 4.74. The third-order valence-corrected chi connectivity index (χ3v) is 8.52. The predicted molar refractivity (Wildman–Crippen MR) is 189 cm³/mol. The predicted octanol–water partition coefficient (Wildman–Crippen LogP) is 10.8. The van der Waals surface area contributed by atoms with E-state index in [0.717, 1.165) is 55.9 Å². The summed E-state index contributed by atoms with van der Waals surface area (Å²) in [7, 11) is 0. The number of hydrogen-bond donors (Lipinski definition) is 0. The molecule has 2 heterocycles. The van der Waals surface area contributed by atoms with Gasteiger partial charge < -0.3 is 9.97 Å². The van der Waals surface area contributed by atoms with Gasteiger partial charge in [-0.05, 0) is 72.1 Å². The molecule has 2 nitrogen and oxygen atoms in total. The van der Waals surface area contributed by atoms with Gasteiger partial charge in [0.25, 0.3) is 0 Å². The van der Waals surface area contributed by atoms with Gasteiger partial charge in [0.15, 0.2) is 0 Å².